The molecule has 1 saturated heterocycles. The summed E-state index contributed by atoms with van der Waals surface area (Å²) in [5.41, 5.74) is 0.870. The Morgan fingerprint density at radius 1 is 1.20 bits per heavy atom. The minimum atomic E-state index is -0.867. The summed E-state index contributed by atoms with van der Waals surface area (Å²) in [6.45, 7) is 0.321. The van der Waals surface area contributed by atoms with E-state index in [1.807, 2.05) is 12.1 Å². The first-order chi connectivity index (χ1) is 9.62. The Bertz CT molecular complexity index is 499. The van der Waals surface area contributed by atoms with E-state index < -0.39 is 11.9 Å². The van der Waals surface area contributed by atoms with Crippen LogP contribution in [0.4, 0.5) is 0 Å². The highest BCUT2D eigenvalue weighted by atomic mass is 16.7. The third kappa shape index (κ3) is 2.46. The van der Waals surface area contributed by atoms with E-state index >= 15 is 0 Å². The summed E-state index contributed by atoms with van der Waals surface area (Å²) in [4.78, 5) is 29.0. The van der Waals surface area contributed by atoms with E-state index in [1.54, 1.807) is 19.2 Å². The van der Waals surface area contributed by atoms with Crippen molar-refractivity contribution < 1.29 is 23.9 Å². The van der Waals surface area contributed by atoms with Crippen molar-refractivity contribution in [2.24, 2.45) is 5.92 Å². The molecule has 0 N–H and O–H groups in total. The SMILES string of the molecule is COC(=O)[C@H]1C(=O)N(OC)C[C@@H]1c1ccc(OC)cc1. The van der Waals surface area contributed by atoms with Crippen LogP contribution in [-0.2, 0) is 19.2 Å². The number of rotatable bonds is 4. The summed E-state index contributed by atoms with van der Waals surface area (Å²) in [5.74, 6) is -1.36. The number of hydroxylamine groups is 2. The minimum absolute atomic E-state index is 0.291. The second kappa shape index (κ2) is 5.92. The van der Waals surface area contributed by atoms with Crippen molar-refractivity contribution in [1.29, 1.82) is 0 Å². The van der Waals surface area contributed by atoms with Crippen molar-refractivity contribution in [2.75, 3.05) is 27.9 Å². The lowest BCUT2D eigenvalue weighted by atomic mass is 9.88. The summed E-state index contributed by atoms with van der Waals surface area (Å²) >= 11 is 0. The van der Waals surface area contributed by atoms with Crippen LogP contribution in [0.1, 0.15) is 11.5 Å². The number of carbonyl (C=O) groups is 2. The number of nitrogens with zero attached hydrogens (tertiary/aromatic N) is 1. The van der Waals surface area contributed by atoms with E-state index in [0.29, 0.717) is 6.54 Å². The molecule has 1 heterocycles. The number of methoxy groups -OCH3 is 2. The van der Waals surface area contributed by atoms with Gasteiger partial charge in [-0.25, -0.2) is 5.06 Å². The maximum absolute atomic E-state index is 12.1. The summed E-state index contributed by atoms with van der Waals surface area (Å²) in [6, 6.07) is 7.27. The van der Waals surface area contributed by atoms with Crippen LogP contribution in [0.5, 0.6) is 5.75 Å². The van der Waals surface area contributed by atoms with Crippen LogP contribution in [0.2, 0.25) is 0 Å². The first-order valence-corrected chi connectivity index (χ1v) is 6.19. The van der Waals surface area contributed by atoms with Gasteiger partial charge in [0.05, 0.1) is 27.9 Å². The number of benzene rings is 1. The molecule has 0 saturated carbocycles. The summed E-state index contributed by atoms with van der Waals surface area (Å²) in [5, 5.41) is 1.19. The van der Waals surface area contributed by atoms with Crippen LogP contribution >= 0.6 is 0 Å². The van der Waals surface area contributed by atoms with Gasteiger partial charge in [0.15, 0.2) is 0 Å². The van der Waals surface area contributed by atoms with Gasteiger partial charge in [-0.1, -0.05) is 12.1 Å². The van der Waals surface area contributed by atoms with Crippen LogP contribution in [0.25, 0.3) is 0 Å². The van der Waals surface area contributed by atoms with E-state index in [4.69, 9.17) is 14.3 Å². The molecule has 6 nitrogen and oxygen atoms in total. The monoisotopic (exact) mass is 279 g/mol. The van der Waals surface area contributed by atoms with Crippen LogP contribution in [0.3, 0.4) is 0 Å². The molecule has 1 aromatic rings. The molecule has 2 rings (SSSR count). The molecule has 0 bridgehead atoms. The lowest BCUT2D eigenvalue weighted by Gasteiger charge is -2.15. The highest BCUT2D eigenvalue weighted by Gasteiger charge is 2.47. The van der Waals surface area contributed by atoms with Crippen LogP contribution in [0.15, 0.2) is 24.3 Å². The fourth-order valence-electron chi connectivity index (χ4n) is 2.41. The number of hydrogen-bond donors (Lipinski definition) is 0. The van der Waals surface area contributed by atoms with E-state index in [1.165, 1.54) is 19.3 Å². The molecule has 108 valence electrons. The Morgan fingerprint density at radius 3 is 2.35 bits per heavy atom. The molecule has 0 unspecified atom stereocenters. The van der Waals surface area contributed by atoms with Crippen molar-refractivity contribution in [3.05, 3.63) is 29.8 Å². The van der Waals surface area contributed by atoms with E-state index in [2.05, 4.69) is 0 Å². The third-order valence-electron chi connectivity index (χ3n) is 3.50. The first kappa shape index (κ1) is 14.3. The van der Waals surface area contributed by atoms with Gasteiger partial charge in [0.2, 0.25) is 0 Å². The van der Waals surface area contributed by atoms with Crippen molar-refractivity contribution in [3.8, 4) is 5.75 Å². The summed E-state index contributed by atoms with van der Waals surface area (Å²) < 4.78 is 9.82. The second-order valence-corrected chi connectivity index (χ2v) is 4.46. The average Bonchev–Trinajstić information content (AvgIpc) is 2.83. The number of ether oxygens (including phenoxy) is 2. The summed E-state index contributed by atoms with van der Waals surface area (Å²) in [6.07, 6.45) is 0. The molecule has 1 aromatic carbocycles. The third-order valence-corrected chi connectivity index (χ3v) is 3.50. The molecule has 1 fully saturated rings. The molecule has 0 spiro atoms. The minimum Gasteiger partial charge on any atom is -0.497 e. The molecule has 6 heteroatoms. The lowest BCUT2D eigenvalue weighted by Crippen LogP contribution is -2.30. The normalized spacial score (nSPS) is 21.9. The molecule has 1 aliphatic rings. The fraction of sp³-hybridized carbons (Fsp3) is 0.429. The quantitative estimate of drug-likeness (QED) is 0.607. The van der Waals surface area contributed by atoms with E-state index in [0.717, 1.165) is 11.3 Å². The molecule has 0 aromatic heterocycles. The van der Waals surface area contributed by atoms with Gasteiger partial charge in [-0.15, -0.1) is 0 Å². The summed E-state index contributed by atoms with van der Waals surface area (Å²) in [7, 11) is 4.26. The number of hydrogen-bond acceptors (Lipinski definition) is 5. The Balaban J connectivity index is 2.31. The highest BCUT2D eigenvalue weighted by molar-refractivity contribution is 6.00. The van der Waals surface area contributed by atoms with Crippen molar-refractivity contribution >= 4 is 11.9 Å². The number of esters is 1. The Morgan fingerprint density at radius 2 is 1.85 bits per heavy atom. The molecule has 20 heavy (non-hydrogen) atoms. The molecular weight excluding hydrogens is 262 g/mol. The zero-order chi connectivity index (χ0) is 14.7. The Hall–Kier alpha value is -2.08. The van der Waals surface area contributed by atoms with Crippen molar-refractivity contribution in [3.63, 3.8) is 0 Å². The predicted molar refractivity (Wildman–Crippen MR) is 70.0 cm³/mol. The molecular formula is C14H17NO5. The Kier molecular flexibility index (Phi) is 4.24. The van der Waals surface area contributed by atoms with Gasteiger partial charge in [0, 0.05) is 5.92 Å². The highest BCUT2D eigenvalue weighted by Crippen LogP contribution is 2.35. The maximum atomic E-state index is 12.1. The smallest absolute Gasteiger partial charge is 0.319 e. The van der Waals surface area contributed by atoms with Gasteiger partial charge in [0.25, 0.3) is 5.91 Å². The molecule has 1 amide bonds. The van der Waals surface area contributed by atoms with Crippen LogP contribution in [0, 0.1) is 5.92 Å². The van der Waals surface area contributed by atoms with Gasteiger partial charge in [-0.2, -0.15) is 0 Å². The van der Waals surface area contributed by atoms with Crippen molar-refractivity contribution in [1.82, 2.24) is 5.06 Å². The lowest BCUT2D eigenvalue weighted by molar-refractivity contribution is -0.172. The van der Waals surface area contributed by atoms with Crippen molar-refractivity contribution in [2.45, 2.75) is 5.92 Å². The maximum Gasteiger partial charge on any atom is 0.319 e. The predicted octanol–water partition coefficient (Wildman–Crippen LogP) is 0.972. The zero-order valence-corrected chi connectivity index (χ0v) is 11.7. The largest absolute Gasteiger partial charge is 0.497 e. The Labute approximate surface area is 117 Å². The van der Waals surface area contributed by atoms with Gasteiger partial charge in [-0.3, -0.25) is 14.4 Å². The fourth-order valence-corrected chi connectivity index (χ4v) is 2.41. The van der Waals surface area contributed by atoms with Gasteiger partial charge in [0.1, 0.15) is 11.7 Å². The first-order valence-electron chi connectivity index (χ1n) is 6.19. The van der Waals surface area contributed by atoms with Gasteiger partial charge < -0.3 is 9.47 Å². The van der Waals surface area contributed by atoms with Crippen LogP contribution in [-0.4, -0.2) is 44.8 Å². The number of amides is 1. The number of carbonyl (C=O) groups excluding carboxylic acids is 2. The molecule has 1 aliphatic heterocycles. The van der Waals surface area contributed by atoms with Crippen LogP contribution < -0.4 is 4.74 Å². The average molecular weight is 279 g/mol. The van der Waals surface area contributed by atoms with Gasteiger partial charge in [-0.05, 0) is 17.7 Å². The topological polar surface area (TPSA) is 65.1 Å². The van der Waals surface area contributed by atoms with Gasteiger partial charge >= 0.3 is 5.97 Å². The molecule has 0 aliphatic carbocycles. The standard InChI is InChI=1S/C14H17NO5/c1-18-10-6-4-9(5-7-10)11-8-15(20-3)13(16)12(11)14(17)19-2/h4-7,11-12H,8H2,1-3H3/t11-,12-/m1/s1. The second-order valence-electron chi connectivity index (χ2n) is 4.46. The molecule has 0 radical (unpaired) electrons. The molecule has 2 atom stereocenters. The van der Waals surface area contributed by atoms with E-state index in [-0.39, 0.29) is 11.8 Å². The van der Waals surface area contributed by atoms with E-state index in [9.17, 15) is 9.59 Å². The zero-order valence-electron chi connectivity index (χ0n) is 11.7.